The van der Waals surface area contributed by atoms with Crippen LogP contribution in [0.2, 0.25) is 0 Å². The van der Waals surface area contributed by atoms with Crippen molar-refractivity contribution in [3.63, 3.8) is 0 Å². The Morgan fingerprint density at radius 1 is 1.40 bits per heavy atom. The van der Waals surface area contributed by atoms with Crippen LogP contribution in [0.15, 0.2) is 0 Å². The summed E-state index contributed by atoms with van der Waals surface area (Å²) in [7, 11) is 2.16. The van der Waals surface area contributed by atoms with E-state index in [4.69, 9.17) is 0 Å². The van der Waals surface area contributed by atoms with Crippen molar-refractivity contribution in [3.8, 4) is 0 Å². The van der Waals surface area contributed by atoms with Gasteiger partial charge in [0.2, 0.25) is 0 Å². The molecule has 1 aliphatic rings. The smallest absolute Gasteiger partial charge is 0.0766 e. The molecule has 0 aliphatic carbocycles. The van der Waals surface area contributed by atoms with Crippen LogP contribution in [0.4, 0.5) is 0 Å². The van der Waals surface area contributed by atoms with Crippen LogP contribution < -0.4 is 5.32 Å². The fourth-order valence-corrected chi connectivity index (χ4v) is 2.18. The molecule has 2 atom stereocenters. The molecule has 0 saturated carbocycles. The van der Waals surface area contributed by atoms with Crippen LogP contribution in [0, 0.1) is 0 Å². The topological polar surface area (TPSA) is 35.5 Å². The van der Waals surface area contributed by atoms with Gasteiger partial charge < -0.3 is 15.3 Å². The van der Waals surface area contributed by atoms with Crippen molar-refractivity contribution < 1.29 is 5.11 Å². The van der Waals surface area contributed by atoms with E-state index >= 15 is 0 Å². The largest absolute Gasteiger partial charge is 0.389 e. The summed E-state index contributed by atoms with van der Waals surface area (Å²) in [6, 6.07) is 1.22. The summed E-state index contributed by atoms with van der Waals surface area (Å²) in [4.78, 5) is 2.37. The molecule has 90 valence electrons. The molecule has 3 heteroatoms. The molecule has 1 aliphatic heterocycles. The van der Waals surface area contributed by atoms with E-state index in [-0.39, 0.29) is 0 Å². The van der Waals surface area contributed by atoms with E-state index in [9.17, 15) is 5.11 Å². The zero-order valence-corrected chi connectivity index (χ0v) is 10.6. The fraction of sp³-hybridized carbons (Fsp3) is 1.00. The summed E-state index contributed by atoms with van der Waals surface area (Å²) in [5.74, 6) is 0. The van der Waals surface area contributed by atoms with Gasteiger partial charge in [0, 0.05) is 25.2 Å². The number of hydrogen-bond donors (Lipinski definition) is 2. The van der Waals surface area contributed by atoms with Gasteiger partial charge in [0.25, 0.3) is 0 Å². The molecule has 0 bridgehead atoms. The van der Waals surface area contributed by atoms with Gasteiger partial charge in [0.1, 0.15) is 0 Å². The SMILES string of the molecule is CCC(O)(CC)CNC1CC(C)N(C)C1. The van der Waals surface area contributed by atoms with Gasteiger partial charge >= 0.3 is 0 Å². The third-order valence-corrected chi connectivity index (χ3v) is 3.92. The van der Waals surface area contributed by atoms with Crippen molar-refractivity contribution in [3.05, 3.63) is 0 Å². The van der Waals surface area contributed by atoms with Crippen LogP contribution >= 0.6 is 0 Å². The van der Waals surface area contributed by atoms with Crippen molar-refractivity contribution in [1.82, 2.24) is 10.2 Å². The van der Waals surface area contributed by atoms with Gasteiger partial charge in [-0.2, -0.15) is 0 Å². The molecule has 3 nitrogen and oxygen atoms in total. The predicted molar refractivity (Wildman–Crippen MR) is 64.0 cm³/mol. The number of likely N-dealkylation sites (tertiary alicyclic amines) is 1. The summed E-state index contributed by atoms with van der Waals surface area (Å²) in [5, 5.41) is 13.6. The Morgan fingerprint density at radius 3 is 2.40 bits per heavy atom. The second kappa shape index (κ2) is 5.28. The highest BCUT2D eigenvalue weighted by atomic mass is 16.3. The van der Waals surface area contributed by atoms with Crippen LogP contribution in [-0.2, 0) is 0 Å². The summed E-state index contributed by atoms with van der Waals surface area (Å²) < 4.78 is 0. The maximum Gasteiger partial charge on any atom is 0.0766 e. The van der Waals surface area contributed by atoms with Crippen molar-refractivity contribution in [2.75, 3.05) is 20.1 Å². The van der Waals surface area contributed by atoms with E-state index in [1.165, 1.54) is 6.42 Å². The van der Waals surface area contributed by atoms with Crippen molar-refractivity contribution >= 4 is 0 Å². The Hall–Kier alpha value is -0.120. The number of nitrogens with one attached hydrogen (secondary N) is 1. The third kappa shape index (κ3) is 3.44. The molecule has 0 spiro atoms. The van der Waals surface area contributed by atoms with Crippen LogP contribution in [-0.4, -0.2) is 47.8 Å². The van der Waals surface area contributed by atoms with E-state index in [2.05, 4.69) is 38.0 Å². The number of rotatable bonds is 5. The Kier molecular flexibility index (Phi) is 4.56. The van der Waals surface area contributed by atoms with E-state index < -0.39 is 5.60 Å². The second-order valence-corrected chi connectivity index (χ2v) is 5.03. The predicted octanol–water partition coefficient (Wildman–Crippen LogP) is 1.22. The Balaban J connectivity index is 2.32. The van der Waals surface area contributed by atoms with Gasteiger partial charge in [-0.25, -0.2) is 0 Å². The van der Waals surface area contributed by atoms with Crippen molar-refractivity contribution in [2.24, 2.45) is 0 Å². The molecule has 0 aromatic carbocycles. The Morgan fingerprint density at radius 2 is 2.00 bits per heavy atom. The normalized spacial score (nSPS) is 28.6. The fourth-order valence-electron chi connectivity index (χ4n) is 2.18. The standard InChI is InChI=1S/C12H26N2O/c1-5-12(15,6-2)9-13-11-7-10(3)14(4)8-11/h10-11,13,15H,5-9H2,1-4H3. The molecule has 0 aromatic heterocycles. The summed E-state index contributed by atoms with van der Waals surface area (Å²) in [6.07, 6.45) is 2.85. The lowest BCUT2D eigenvalue weighted by atomic mass is 9.97. The molecule has 1 heterocycles. The van der Waals surface area contributed by atoms with E-state index in [1.54, 1.807) is 0 Å². The average Bonchev–Trinajstić information content (AvgIpc) is 2.55. The average molecular weight is 214 g/mol. The molecule has 2 N–H and O–H groups in total. The highest BCUT2D eigenvalue weighted by Crippen LogP contribution is 2.17. The molecular weight excluding hydrogens is 188 g/mol. The zero-order chi connectivity index (χ0) is 11.5. The summed E-state index contributed by atoms with van der Waals surface area (Å²) in [6.45, 7) is 8.19. The molecule has 0 radical (unpaired) electrons. The lowest BCUT2D eigenvalue weighted by Crippen LogP contribution is -2.44. The number of likely N-dealkylation sites (N-methyl/N-ethyl adjacent to an activating group) is 1. The number of nitrogens with zero attached hydrogens (tertiary/aromatic N) is 1. The van der Waals surface area contributed by atoms with E-state index in [1.807, 2.05) is 0 Å². The Bertz CT molecular complexity index is 182. The minimum Gasteiger partial charge on any atom is -0.389 e. The van der Waals surface area contributed by atoms with Crippen molar-refractivity contribution in [2.45, 2.75) is 57.7 Å². The molecule has 2 unspecified atom stereocenters. The molecule has 1 saturated heterocycles. The van der Waals surface area contributed by atoms with E-state index in [0.29, 0.717) is 12.1 Å². The van der Waals surface area contributed by atoms with Crippen LogP contribution in [0.5, 0.6) is 0 Å². The monoisotopic (exact) mass is 214 g/mol. The van der Waals surface area contributed by atoms with Gasteiger partial charge in [-0.3, -0.25) is 0 Å². The van der Waals surface area contributed by atoms with Gasteiger partial charge in [-0.05, 0) is 33.2 Å². The quantitative estimate of drug-likeness (QED) is 0.722. The number of hydrogen-bond acceptors (Lipinski definition) is 3. The third-order valence-electron chi connectivity index (χ3n) is 3.92. The first-order chi connectivity index (χ1) is 7.00. The van der Waals surface area contributed by atoms with Gasteiger partial charge in [0.15, 0.2) is 0 Å². The zero-order valence-electron chi connectivity index (χ0n) is 10.6. The highest BCUT2D eigenvalue weighted by molar-refractivity contribution is 4.88. The molecular formula is C12H26N2O. The minimum absolute atomic E-state index is 0.510. The Labute approximate surface area is 93.9 Å². The summed E-state index contributed by atoms with van der Waals surface area (Å²) >= 11 is 0. The first-order valence-corrected chi connectivity index (χ1v) is 6.16. The highest BCUT2D eigenvalue weighted by Gasteiger charge is 2.28. The lowest BCUT2D eigenvalue weighted by Gasteiger charge is -2.27. The molecule has 1 rings (SSSR count). The van der Waals surface area contributed by atoms with Crippen LogP contribution in [0.25, 0.3) is 0 Å². The minimum atomic E-state index is -0.510. The molecule has 0 amide bonds. The molecule has 0 aromatic rings. The van der Waals surface area contributed by atoms with E-state index in [0.717, 1.165) is 25.9 Å². The van der Waals surface area contributed by atoms with Gasteiger partial charge in [0.05, 0.1) is 5.60 Å². The second-order valence-electron chi connectivity index (χ2n) is 5.03. The lowest BCUT2D eigenvalue weighted by molar-refractivity contribution is 0.0301. The van der Waals surface area contributed by atoms with Crippen LogP contribution in [0.1, 0.15) is 40.0 Å². The van der Waals surface area contributed by atoms with Gasteiger partial charge in [-0.15, -0.1) is 0 Å². The van der Waals surface area contributed by atoms with Crippen molar-refractivity contribution in [1.29, 1.82) is 0 Å². The maximum atomic E-state index is 10.1. The molecule has 1 fully saturated rings. The first-order valence-electron chi connectivity index (χ1n) is 6.16. The summed E-state index contributed by atoms with van der Waals surface area (Å²) in [5.41, 5.74) is -0.510. The van der Waals surface area contributed by atoms with Crippen LogP contribution in [0.3, 0.4) is 0 Å². The number of aliphatic hydroxyl groups is 1. The maximum absolute atomic E-state index is 10.1. The first kappa shape index (κ1) is 12.9. The molecule has 15 heavy (non-hydrogen) atoms. The van der Waals surface area contributed by atoms with Gasteiger partial charge in [-0.1, -0.05) is 13.8 Å².